The van der Waals surface area contributed by atoms with Crippen molar-refractivity contribution >= 4 is 56.0 Å². The minimum absolute atomic E-state index is 0.0314. The number of phenols is 1. The van der Waals surface area contributed by atoms with Crippen molar-refractivity contribution in [3.8, 4) is 11.5 Å². The number of carbonyl (C=O) groups excluding carboxylic acids is 1. The van der Waals surface area contributed by atoms with E-state index in [2.05, 4.69) is 15.5 Å². The Morgan fingerprint density at radius 2 is 1.64 bits per heavy atom. The van der Waals surface area contributed by atoms with Crippen molar-refractivity contribution in [1.29, 1.82) is 0 Å². The third-order valence-electron chi connectivity index (χ3n) is 14.1. The van der Waals surface area contributed by atoms with Gasteiger partial charge in [-0.05, 0) is 45.2 Å². The number of allylic oxidation sites excluding steroid dienone is 2. The maximum absolute atomic E-state index is 14.8. The fourth-order valence-corrected chi connectivity index (χ4v) is 9.93. The third-order valence-corrected chi connectivity index (χ3v) is 14.1. The van der Waals surface area contributed by atoms with Crippen molar-refractivity contribution < 1.29 is 49.0 Å². The normalized spacial score (nSPS) is 33.5. The first kappa shape index (κ1) is 45.1. The van der Waals surface area contributed by atoms with Crippen LogP contribution in [-0.4, -0.2) is 99.4 Å². The second-order valence-corrected chi connectivity index (χ2v) is 18.3. The lowest BCUT2D eigenvalue weighted by Crippen LogP contribution is -2.44. The smallest absolute Gasteiger partial charge is 0.307 e. The predicted octanol–water partition coefficient (Wildman–Crippen LogP) is 4.18. The van der Waals surface area contributed by atoms with E-state index < -0.39 is 82.1 Å². The van der Waals surface area contributed by atoms with Gasteiger partial charge < -0.3 is 59.7 Å². The Kier molecular flexibility index (Phi) is 12.1. The van der Waals surface area contributed by atoms with Gasteiger partial charge in [-0.2, -0.15) is 0 Å². The second-order valence-electron chi connectivity index (χ2n) is 18.3. The van der Waals surface area contributed by atoms with Gasteiger partial charge in [0.15, 0.2) is 22.4 Å². The number of fused-ring (bicyclic) bond motifs is 3. The average molecular weight is 883 g/mol. The van der Waals surface area contributed by atoms with Crippen LogP contribution >= 0.6 is 0 Å². The number of phenolic OH excluding ortho intramolecular Hbond substituents is 1. The van der Waals surface area contributed by atoms with Gasteiger partial charge in [0.2, 0.25) is 10.9 Å². The zero-order chi connectivity index (χ0) is 46.1. The molecule has 0 aliphatic carbocycles. The highest BCUT2D eigenvalue weighted by molar-refractivity contribution is 6.16. The highest BCUT2D eigenvalue weighted by atomic mass is 16.7. The van der Waals surface area contributed by atoms with Gasteiger partial charge in [0.1, 0.15) is 22.7 Å². The number of aliphatic hydroxyl groups excluding tert-OH is 4. The molecule has 16 heteroatoms. The van der Waals surface area contributed by atoms with E-state index in [4.69, 9.17) is 23.6 Å². The Balaban J connectivity index is 1.35. The molecule has 4 aliphatic heterocycles. The summed E-state index contributed by atoms with van der Waals surface area (Å²) in [5.41, 5.74) is -1.19. The van der Waals surface area contributed by atoms with E-state index >= 15 is 0 Å². The zero-order valence-corrected chi connectivity index (χ0v) is 37.3. The van der Waals surface area contributed by atoms with Crippen molar-refractivity contribution in [2.75, 3.05) is 37.0 Å². The molecule has 0 radical (unpaired) electrons. The number of nitrogens with one attached hydrogen (secondary N) is 2. The molecule has 64 heavy (non-hydrogen) atoms. The minimum atomic E-state index is -1.95. The molecule has 11 atom stereocenters. The molecule has 4 aromatic rings. The van der Waals surface area contributed by atoms with Crippen molar-refractivity contribution in [2.45, 2.75) is 97.6 Å². The number of benzene rings is 3. The van der Waals surface area contributed by atoms with E-state index in [0.29, 0.717) is 18.2 Å². The van der Waals surface area contributed by atoms with Crippen molar-refractivity contribution in [1.82, 2.24) is 10.3 Å². The van der Waals surface area contributed by atoms with E-state index in [1.54, 1.807) is 45.9 Å². The van der Waals surface area contributed by atoms with Crippen molar-refractivity contribution in [3.63, 3.8) is 0 Å². The number of carbonyl (C=O) groups is 1. The van der Waals surface area contributed by atoms with E-state index in [-0.39, 0.29) is 66.8 Å². The lowest BCUT2D eigenvalue weighted by Gasteiger charge is -2.36. The molecular weight excluding hydrogens is 825 g/mol. The second kappa shape index (κ2) is 17.1. The van der Waals surface area contributed by atoms with Crippen LogP contribution in [0.5, 0.6) is 11.5 Å². The van der Waals surface area contributed by atoms with E-state index in [1.165, 1.54) is 52.4 Å². The Morgan fingerprint density at radius 3 is 2.36 bits per heavy atom. The minimum Gasteiger partial charge on any atom is -0.507 e. The lowest BCUT2D eigenvalue weighted by atomic mass is 9.78. The molecule has 0 unspecified atom stereocenters. The highest BCUT2D eigenvalue weighted by Gasteiger charge is 2.44. The molecule has 8 rings (SSSR count). The summed E-state index contributed by atoms with van der Waals surface area (Å²) in [6, 6.07) is 3.47. The molecule has 16 nitrogen and oxygen atoms in total. The first-order valence-corrected chi connectivity index (χ1v) is 22.0. The number of hydrogen-bond donors (Lipinski definition) is 7. The number of piperidine rings is 1. The molecule has 342 valence electrons. The van der Waals surface area contributed by atoms with Gasteiger partial charge in [-0.3, -0.25) is 14.4 Å². The van der Waals surface area contributed by atoms with Crippen molar-refractivity contribution in [2.24, 2.45) is 29.6 Å². The summed E-state index contributed by atoms with van der Waals surface area (Å²) in [6.45, 7) is 13.7. The molecule has 2 saturated heterocycles. The van der Waals surface area contributed by atoms with Gasteiger partial charge in [0.25, 0.3) is 5.91 Å². The van der Waals surface area contributed by atoms with Crippen LogP contribution in [-0.2, 0) is 14.3 Å². The monoisotopic (exact) mass is 882 g/mol. The summed E-state index contributed by atoms with van der Waals surface area (Å²) in [5.74, 6) is -5.75. The highest BCUT2D eigenvalue weighted by Crippen LogP contribution is 2.42. The molecule has 0 spiro atoms. The molecular formula is C48H58N4O12. The quantitative estimate of drug-likeness (QED) is 0.111. The van der Waals surface area contributed by atoms with Crippen LogP contribution in [0.4, 0.5) is 11.4 Å². The SMILES string of the molecule is CO[C@H]1/C=C/O[C@@]2(C)Oc3c(C)c(O)c4c(=O)c(c5oc6cc(N7C[C@@H]8CCCN[C@@H]8C7)cc(=O)c6nc5c4c3=C2O)NC(=O)/C(C)=C\C=C\[C@H](C)[C@H](O)[C@@H](C)[C@@H](O)[C@H](C)[C@H](O)[C@H]1C. The van der Waals surface area contributed by atoms with Gasteiger partial charge in [0, 0.05) is 91.2 Å². The number of aromatic nitrogens is 1. The maximum atomic E-state index is 14.8. The summed E-state index contributed by atoms with van der Waals surface area (Å²) in [5, 5.41) is 63.8. The molecule has 1 aromatic heterocycles. The van der Waals surface area contributed by atoms with E-state index in [0.717, 1.165) is 25.9 Å². The Bertz CT molecular complexity index is 2790. The lowest BCUT2D eigenvalue weighted by molar-refractivity contribution is -0.112. The fourth-order valence-electron chi connectivity index (χ4n) is 9.93. The Morgan fingerprint density at radius 1 is 0.922 bits per heavy atom. The van der Waals surface area contributed by atoms with Crippen LogP contribution in [0.25, 0.3) is 38.7 Å². The van der Waals surface area contributed by atoms with Crippen LogP contribution in [0, 0.1) is 36.5 Å². The maximum Gasteiger partial charge on any atom is 0.307 e. The number of amides is 1. The molecule has 5 heterocycles. The van der Waals surface area contributed by atoms with E-state index in [1.807, 2.05) is 0 Å². The fraction of sp³-hybridized carbons (Fsp3) is 0.500. The molecule has 3 aromatic carbocycles. The van der Waals surface area contributed by atoms with Crippen LogP contribution in [0.2, 0.25) is 0 Å². The number of ether oxygens (including phenoxy) is 3. The third kappa shape index (κ3) is 7.58. The number of aliphatic hydroxyl groups is 4. The molecule has 1 amide bonds. The summed E-state index contributed by atoms with van der Waals surface area (Å²) in [6.07, 6.45) is 5.65. The van der Waals surface area contributed by atoms with Gasteiger partial charge in [-0.25, -0.2) is 4.98 Å². The summed E-state index contributed by atoms with van der Waals surface area (Å²) in [7, 11) is 1.45. The summed E-state index contributed by atoms with van der Waals surface area (Å²) >= 11 is 0. The number of nitrogens with zero attached hydrogens (tertiary/aromatic N) is 2. The topological polar surface area (TPSA) is 233 Å². The van der Waals surface area contributed by atoms with Crippen LogP contribution in [0.3, 0.4) is 0 Å². The summed E-state index contributed by atoms with van der Waals surface area (Å²) in [4.78, 5) is 49.7. The molecule has 4 aliphatic rings. The zero-order valence-electron chi connectivity index (χ0n) is 37.3. The molecule has 4 bridgehead atoms. The van der Waals surface area contributed by atoms with Crippen LogP contribution in [0.1, 0.15) is 59.9 Å². The number of anilines is 2. The van der Waals surface area contributed by atoms with Gasteiger partial charge in [0.05, 0.1) is 41.3 Å². The van der Waals surface area contributed by atoms with Gasteiger partial charge in [-0.15, -0.1) is 0 Å². The van der Waals surface area contributed by atoms with Crippen LogP contribution < -0.4 is 36.3 Å². The largest absolute Gasteiger partial charge is 0.507 e. The summed E-state index contributed by atoms with van der Waals surface area (Å²) < 4.78 is 24.6. The standard InChI is InChI=1S/C48H58N4O12/c1-21-11-9-12-22(2)47(60)51-38-43(58)34-33(37-45(38)63-32-18-28(17-30(53)36(32)50-37)52-19-27-13-10-15-49-29(27)20-52)35-44(26(6)42(34)57)64-48(7,46(35)59)62-16-14-31(61-8)23(3)40(55)25(5)41(56)24(4)39(21)54/h9,11-12,14,16-18,21,23-25,27,29,31,39-41,49,54-57,59H,10,13,15,19-20H2,1-8H3,(H,51,60)/b11-9+,16-14+,22-12-/t21-,23-,24+,25+,27-,29+,31-,39-,40+,41+,48-/m0/s1. The number of hydrogen-bond acceptors (Lipinski definition) is 15. The molecule has 0 saturated carbocycles. The number of rotatable bonds is 2. The Labute approximate surface area is 369 Å². The predicted molar refractivity (Wildman–Crippen MR) is 242 cm³/mol. The van der Waals surface area contributed by atoms with Gasteiger partial charge in [-0.1, -0.05) is 45.9 Å². The average Bonchev–Trinajstić information content (AvgIpc) is 3.83. The first-order valence-electron chi connectivity index (χ1n) is 22.0. The first-order chi connectivity index (χ1) is 30.4. The molecule has 7 N–H and O–H groups in total. The van der Waals surface area contributed by atoms with E-state index in [9.17, 15) is 39.9 Å². The van der Waals surface area contributed by atoms with Gasteiger partial charge >= 0.3 is 5.79 Å². The Hall–Kier alpha value is -5.52. The number of methoxy groups -OCH3 is 1. The number of aromatic hydroxyl groups is 1. The molecule has 2 fully saturated rings. The van der Waals surface area contributed by atoms with Crippen molar-refractivity contribution in [3.05, 3.63) is 79.5 Å². The van der Waals surface area contributed by atoms with Crippen LogP contribution in [0.15, 0.2) is 62.3 Å².